The van der Waals surface area contributed by atoms with Crippen molar-refractivity contribution in [3.05, 3.63) is 35.9 Å². The highest BCUT2D eigenvalue weighted by Crippen LogP contribution is 2.10. The first-order valence-electron chi connectivity index (χ1n) is 16.6. The molecule has 256 valence electrons. The first-order valence-corrected chi connectivity index (χ1v) is 16.6. The van der Waals surface area contributed by atoms with Gasteiger partial charge in [-0.05, 0) is 43.6 Å². The smallest absolute Gasteiger partial charge is 0.245 e. The third-order valence-corrected chi connectivity index (χ3v) is 7.74. The normalized spacial score (nSPS) is 23.7. The summed E-state index contributed by atoms with van der Waals surface area (Å²) in [7, 11) is 0. The largest absolute Gasteiger partial charge is 0.352 e. The summed E-state index contributed by atoms with van der Waals surface area (Å²) in [6.07, 6.45) is 4.44. The van der Waals surface area contributed by atoms with Crippen molar-refractivity contribution in [2.75, 3.05) is 6.54 Å². The highest BCUT2D eigenvalue weighted by molar-refractivity contribution is 5.97. The van der Waals surface area contributed by atoms with Gasteiger partial charge >= 0.3 is 0 Å². The lowest BCUT2D eigenvalue weighted by molar-refractivity contribution is -0.136. The van der Waals surface area contributed by atoms with Crippen molar-refractivity contribution < 1.29 is 28.8 Å². The maximum atomic E-state index is 13.7. The summed E-state index contributed by atoms with van der Waals surface area (Å²) in [4.78, 5) is 80.2. The van der Waals surface area contributed by atoms with E-state index in [9.17, 15) is 28.8 Å². The van der Waals surface area contributed by atoms with Crippen LogP contribution in [0, 0.1) is 11.8 Å². The number of benzene rings is 1. The quantitative estimate of drug-likeness (QED) is 0.190. The van der Waals surface area contributed by atoms with E-state index in [4.69, 9.17) is 0 Å². The van der Waals surface area contributed by atoms with E-state index in [1.54, 1.807) is 0 Å². The molecule has 0 aliphatic carbocycles. The second kappa shape index (κ2) is 19.5. The van der Waals surface area contributed by atoms with Crippen molar-refractivity contribution in [3.63, 3.8) is 0 Å². The number of carbonyl (C=O) groups is 6. The molecule has 0 spiro atoms. The average Bonchev–Trinajstić information content (AvgIpc) is 2.99. The van der Waals surface area contributed by atoms with Crippen molar-refractivity contribution >= 4 is 35.4 Å². The molecule has 12 heteroatoms. The Morgan fingerprint density at radius 2 is 1.30 bits per heavy atom. The Bertz CT molecular complexity index is 1170. The molecule has 0 unspecified atom stereocenters. The van der Waals surface area contributed by atoms with E-state index in [-0.39, 0.29) is 43.6 Å². The Morgan fingerprint density at radius 3 is 1.91 bits per heavy atom. The summed E-state index contributed by atoms with van der Waals surface area (Å²) >= 11 is 0. The van der Waals surface area contributed by atoms with Crippen LogP contribution in [0.25, 0.3) is 0 Å². The van der Waals surface area contributed by atoms with E-state index in [0.29, 0.717) is 12.8 Å². The summed E-state index contributed by atoms with van der Waals surface area (Å²) in [6, 6.07) is 3.91. The standard InChI is InChI=1S/C34H54N6O6/c1-7-8-9-13-16-29(41)37-28-20-35-31(43)25(17-21(2)3)38-30(42)23(6)36-32(44)26(18-22(4)5)39-33(45)27(40-34(28)46)19-24-14-11-10-12-15-24/h10-12,14-15,21-23,25-28H,7-9,13,16-20H2,1-6H3,(H,35,43)(H,36,44)(H,37,41)(H,38,42)(H,39,45)(H,40,46)/t23-,25-,26-,27-,28-/m1/s1. The summed E-state index contributed by atoms with van der Waals surface area (Å²) < 4.78 is 0. The summed E-state index contributed by atoms with van der Waals surface area (Å²) in [6.45, 7) is 11.0. The van der Waals surface area contributed by atoms with Crippen LogP contribution in [-0.2, 0) is 35.2 Å². The topological polar surface area (TPSA) is 175 Å². The molecule has 12 nitrogen and oxygen atoms in total. The SMILES string of the molecule is CCCCCCC(=O)N[C@@H]1CNC(=O)[C@@H](CC(C)C)NC(=O)[C@@H](C)NC(=O)[C@@H](CC(C)C)NC(=O)[C@@H](Cc2ccccc2)NC1=O. The van der Waals surface area contributed by atoms with Gasteiger partial charge in [0.25, 0.3) is 0 Å². The third-order valence-electron chi connectivity index (χ3n) is 7.74. The van der Waals surface area contributed by atoms with Gasteiger partial charge in [0, 0.05) is 19.4 Å². The van der Waals surface area contributed by atoms with Gasteiger partial charge in [0.1, 0.15) is 30.2 Å². The van der Waals surface area contributed by atoms with Crippen LogP contribution < -0.4 is 31.9 Å². The molecular weight excluding hydrogens is 588 g/mol. The van der Waals surface area contributed by atoms with Gasteiger partial charge in [-0.2, -0.15) is 0 Å². The van der Waals surface area contributed by atoms with Crippen molar-refractivity contribution in [1.29, 1.82) is 0 Å². The van der Waals surface area contributed by atoms with Gasteiger partial charge in [-0.15, -0.1) is 0 Å². The Hall–Kier alpha value is -3.96. The molecule has 1 aliphatic rings. The maximum absolute atomic E-state index is 13.7. The highest BCUT2D eigenvalue weighted by atomic mass is 16.2. The van der Waals surface area contributed by atoms with Crippen LogP contribution in [0.4, 0.5) is 0 Å². The molecule has 1 heterocycles. The van der Waals surface area contributed by atoms with Gasteiger partial charge < -0.3 is 31.9 Å². The zero-order valence-electron chi connectivity index (χ0n) is 28.2. The van der Waals surface area contributed by atoms with Crippen molar-refractivity contribution in [1.82, 2.24) is 31.9 Å². The lowest BCUT2D eigenvalue weighted by atomic mass is 10.00. The van der Waals surface area contributed by atoms with Crippen LogP contribution in [-0.4, -0.2) is 72.2 Å². The lowest BCUT2D eigenvalue weighted by Crippen LogP contribution is -2.61. The lowest BCUT2D eigenvalue weighted by Gasteiger charge is -2.28. The molecule has 0 bridgehead atoms. The number of unbranched alkanes of at least 4 members (excludes halogenated alkanes) is 3. The number of rotatable bonds is 12. The summed E-state index contributed by atoms with van der Waals surface area (Å²) in [5, 5.41) is 16.4. The molecule has 0 aromatic heterocycles. The van der Waals surface area contributed by atoms with Crippen molar-refractivity contribution in [2.45, 2.75) is 123 Å². The number of amides is 6. The molecule has 6 N–H and O–H groups in total. The number of hydrogen-bond acceptors (Lipinski definition) is 6. The van der Waals surface area contributed by atoms with E-state index < -0.39 is 59.7 Å². The molecule has 1 saturated heterocycles. The molecule has 1 aromatic carbocycles. The predicted molar refractivity (Wildman–Crippen MR) is 176 cm³/mol. The number of nitrogens with one attached hydrogen (secondary N) is 6. The Labute approximate surface area is 273 Å². The monoisotopic (exact) mass is 642 g/mol. The molecule has 6 amide bonds. The average molecular weight is 643 g/mol. The first-order chi connectivity index (χ1) is 21.8. The van der Waals surface area contributed by atoms with Gasteiger partial charge in [0.2, 0.25) is 35.4 Å². The Balaban J connectivity index is 2.48. The molecular formula is C34H54N6O6. The van der Waals surface area contributed by atoms with Gasteiger partial charge in [-0.3, -0.25) is 28.8 Å². The molecule has 1 aliphatic heterocycles. The van der Waals surface area contributed by atoms with E-state index in [0.717, 1.165) is 24.8 Å². The minimum absolute atomic E-state index is 0.0176. The minimum atomic E-state index is -1.19. The van der Waals surface area contributed by atoms with Crippen LogP contribution in [0.1, 0.15) is 92.1 Å². The minimum Gasteiger partial charge on any atom is -0.352 e. The van der Waals surface area contributed by atoms with Gasteiger partial charge in [0.05, 0.1) is 0 Å². The Kier molecular flexibility index (Phi) is 16.2. The summed E-state index contributed by atoms with van der Waals surface area (Å²) in [5.74, 6) is -3.19. The zero-order valence-corrected chi connectivity index (χ0v) is 28.2. The van der Waals surface area contributed by atoms with E-state index in [1.165, 1.54) is 6.92 Å². The van der Waals surface area contributed by atoms with Crippen LogP contribution in [0.15, 0.2) is 30.3 Å². The van der Waals surface area contributed by atoms with E-state index >= 15 is 0 Å². The molecule has 46 heavy (non-hydrogen) atoms. The van der Waals surface area contributed by atoms with E-state index in [1.807, 2.05) is 58.0 Å². The van der Waals surface area contributed by atoms with Gasteiger partial charge in [0.15, 0.2) is 0 Å². The molecule has 0 saturated carbocycles. The van der Waals surface area contributed by atoms with Crippen LogP contribution >= 0.6 is 0 Å². The fourth-order valence-corrected chi connectivity index (χ4v) is 5.20. The van der Waals surface area contributed by atoms with Crippen molar-refractivity contribution in [3.8, 4) is 0 Å². The number of carbonyl (C=O) groups excluding carboxylic acids is 6. The van der Waals surface area contributed by atoms with Crippen molar-refractivity contribution in [2.24, 2.45) is 11.8 Å². The second-order valence-corrected chi connectivity index (χ2v) is 13.0. The first kappa shape index (κ1) is 38.2. The molecule has 1 aromatic rings. The third kappa shape index (κ3) is 13.6. The maximum Gasteiger partial charge on any atom is 0.245 e. The summed E-state index contributed by atoms with van der Waals surface area (Å²) in [5.41, 5.74) is 0.772. The fraction of sp³-hybridized carbons (Fsp3) is 0.647. The molecule has 0 radical (unpaired) electrons. The molecule has 1 fully saturated rings. The molecule has 2 rings (SSSR count). The fourth-order valence-electron chi connectivity index (χ4n) is 5.20. The Morgan fingerprint density at radius 1 is 0.739 bits per heavy atom. The zero-order chi connectivity index (χ0) is 34.2. The van der Waals surface area contributed by atoms with Gasteiger partial charge in [-0.1, -0.05) is 84.2 Å². The van der Waals surface area contributed by atoms with Crippen LogP contribution in [0.5, 0.6) is 0 Å². The van der Waals surface area contributed by atoms with E-state index in [2.05, 4.69) is 38.8 Å². The highest BCUT2D eigenvalue weighted by Gasteiger charge is 2.33. The van der Waals surface area contributed by atoms with Gasteiger partial charge in [-0.25, -0.2) is 0 Å². The van der Waals surface area contributed by atoms with Crippen LogP contribution in [0.3, 0.4) is 0 Å². The predicted octanol–water partition coefficient (Wildman–Crippen LogP) is 1.87. The molecule has 5 atom stereocenters. The second-order valence-electron chi connectivity index (χ2n) is 13.0. The van der Waals surface area contributed by atoms with Crippen LogP contribution in [0.2, 0.25) is 0 Å². The number of hydrogen-bond donors (Lipinski definition) is 6.